The normalized spacial score (nSPS) is 20.1. The summed E-state index contributed by atoms with van der Waals surface area (Å²) in [7, 11) is 0. The quantitative estimate of drug-likeness (QED) is 0.911. The molecule has 1 atom stereocenters. The molecule has 2 rings (SSSR count). The van der Waals surface area contributed by atoms with Crippen molar-refractivity contribution in [1.82, 2.24) is 4.90 Å². The number of rotatable bonds is 2. The molecule has 1 saturated heterocycles. The van der Waals surface area contributed by atoms with E-state index in [-0.39, 0.29) is 5.91 Å². The molecule has 0 aromatic carbocycles. The van der Waals surface area contributed by atoms with Crippen molar-refractivity contribution in [3.8, 4) is 0 Å². The Morgan fingerprint density at radius 3 is 2.88 bits per heavy atom. The Morgan fingerprint density at radius 2 is 2.31 bits per heavy atom. The maximum Gasteiger partial charge on any atom is 0.326 e. The lowest BCUT2D eigenvalue weighted by Gasteiger charge is -2.20. The van der Waals surface area contributed by atoms with E-state index in [0.29, 0.717) is 17.8 Å². The van der Waals surface area contributed by atoms with Gasteiger partial charge in [-0.2, -0.15) is 0 Å². The topological polar surface area (TPSA) is 57.6 Å². The van der Waals surface area contributed by atoms with Crippen molar-refractivity contribution in [1.29, 1.82) is 0 Å². The van der Waals surface area contributed by atoms with Gasteiger partial charge in [0.15, 0.2) is 0 Å². The predicted molar refractivity (Wildman–Crippen MR) is 63.7 cm³/mol. The molecule has 1 unspecified atom stereocenters. The minimum Gasteiger partial charge on any atom is -0.480 e. The van der Waals surface area contributed by atoms with Crippen LogP contribution in [0.1, 0.15) is 22.5 Å². The molecule has 0 aliphatic carbocycles. The number of hydrogen-bond acceptors (Lipinski definition) is 3. The molecule has 0 bridgehead atoms. The lowest BCUT2D eigenvalue weighted by molar-refractivity contribution is -0.141. The number of nitrogens with zero attached hydrogens (tertiary/aromatic N) is 1. The number of thiophene rings is 1. The summed E-state index contributed by atoms with van der Waals surface area (Å²) < 4.78 is 0.854. The Morgan fingerprint density at radius 1 is 1.56 bits per heavy atom. The molecule has 6 heteroatoms. The number of amides is 1. The standard InChI is InChI=1S/C10H10BrNO3S/c11-6-4-8(16-5-6)9(13)12-3-1-2-7(12)10(14)15/h4-5,7H,1-3H2,(H,14,15). The van der Waals surface area contributed by atoms with Crippen LogP contribution in [-0.2, 0) is 4.79 Å². The molecule has 0 saturated carbocycles. The number of carboxylic acid groups (broad SMARTS) is 1. The molecule has 1 fully saturated rings. The second-order valence-corrected chi connectivity index (χ2v) is 5.45. The third-order valence-corrected chi connectivity index (χ3v) is 4.26. The number of hydrogen-bond donors (Lipinski definition) is 1. The molecule has 16 heavy (non-hydrogen) atoms. The average molecular weight is 304 g/mol. The van der Waals surface area contributed by atoms with Crippen LogP contribution in [0.15, 0.2) is 15.9 Å². The summed E-state index contributed by atoms with van der Waals surface area (Å²) in [6.45, 7) is 0.533. The monoisotopic (exact) mass is 303 g/mol. The van der Waals surface area contributed by atoms with Crippen LogP contribution in [0.2, 0.25) is 0 Å². The first kappa shape index (κ1) is 11.6. The van der Waals surface area contributed by atoms with Crippen LogP contribution < -0.4 is 0 Å². The van der Waals surface area contributed by atoms with E-state index in [1.807, 2.05) is 5.38 Å². The van der Waals surface area contributed by atoms with E-state index in [1.54, 1.807) is 6.07 Å². The first-order valence-corrected chi connectivity index (χ1v) is 6.54. The summed E-state index contributed by atoms with van der Waals surface area (Å²) in [5.41, 5.74) is 0. The Hall–Kier alpha value is -0.880. The number of likely N-dealkylation sites (tertiary alicyclic amines) is 1. The van der Waals surface area contributed by atoms with Crippen LogP contribution >= 0.6 is 27.3 Å². The highest BCUT2D eigenvalue weighted by atomic mass is 79.9. The molecule has 1 aromatic rings. The van der Waals surface area contributed by atoms with E-state index in [9.17, 15) is 9.59 Å². The first-order valence-electron chi connectivity index (χ1n) is 4.87. The average Bonchev–Trinajstić information content (AvgIpc) is 2.84. The number of carbonyl (C=O) groups is 2. The maximum atomic E-state index is 12.0. The molecule has 1 N–H and O–H groups in total. The van der Waals surface area contributed by atoms with Crippen LogP contribution in [0.25, 0.3) is 0 Å². The van der Waals surface area contributed by atoms with Gasteiger partial charge in [-0.3, -0.25) is 4.79 Å². The molecular formula is C10H10BrNO3S. The van der Waals surface area contributed by atoms with Crippen molar-refractivity contribution in [2.45, 2.75) is 18.9 Å². The second-order valence-electron chi connectivity index (χ2n) is 3.62. The largest absolute Gasteiger partial charge is 0.480 e. The van der Waals surface area contributed by atoms with Gasteiger partial charge >= 0.3 is 5.97 Å². The lowest BCUT2D eigenvalue weighted by atomic mass is 10.2. The Balaban J connectivity index is 2.18. The zero-order chi connectivity index (χ0) is 11.7. The van der Waals surface area contributed by atoms with E-state index in [4.69, 9.17) is 5.11 Å². The van der Waals surface area contributed by atoms with Crippen LogP contribution in [-0.4, -0.2) is 34.5 Å². The van der Waals surface area contributed by atoms with Gasteiger partial charge in [0.05, 0.1) is 4.88 Å². The number of carboxylic acids is 1. The van der Waals surface area contributed by atoms with Crippen molar-refractivity contribution in [3.05, 3.63) is 20.8 Å². The van der Waals surface area contributed by atoms with Crippen molar-refractivity contribution in [2.24, 2.45) is 0 Å². The molecule has 1 aliphatic rings. The lowest BCUT2D eigenvalue weighted by Crippen LogP contribution is -2.40. The van der Waals surface area contributed by atoms with E-state index in [1.165, 1.54) is 16.2 Å². The second kappa shape index (κ2) is 4.55. The third kappa shape index (κ3) is 2.12. The Bertz CT molecular complexity index is 431. The molecule has 1 amide bonds. The molecule has 4 nitrogen and oxygen atoms in total. The summed E-state index contributed by atoms with van der Waals surface area (Å²) >= 11 is 4.60. The molecule has 1 aromatic heterocycles. The van der Waals surface area contributed by atoms with Gasteiger partial charge in [0.1, 0.15) is 6.04 Å². The number of carbonyl (C=O) groups excluding carboxylic acids is 1. The summed E-state index contributed by atoms with van der Waals surface area (Å²) in [6.07, 6.45) is 1.31. The van der Waals surface area contributed by atoms with E-state index >= 15 is 0 Å². The van der Waals surface area contributed by atoms with Crippen LogP contribution in [0.5, 0.6) is 0 Å². The van der Waals surface area contributed by atoms with Gasteiger partial charge in [0, 0.05) is 16.4 Å². The van der Waals surface area contributed by atoms with Crippen molar-refractivity contribution < 1.29 is 14.7 Å². The van der Waals surface area contributed by atoms with Gasteiger partial charge in [-0.05, 0) is 34.8 Å². The minimum absolute atomic E-state index is 0.180. The molecular weight excluding hydrogens is 294 g/mol. The Labute approximate surface area is 105 Å². The van der Waals surface area contributed by atoms with Gasteiger partial charge in [0.25, 0.3) is 5.91 Å². The summed E-state index contributed by atoms with van der Waals surface area (Å²) in [5.74, 6) is -1.10. The zero-order valence-corrected chi connectivity index (χ0v) is 10.8. The van der Waals surface area contributed by atoms with Crippen LogP contribution in [0.4, 0.5) is 0 Å². The van der Waals surface area contributed by atoms with Gasteiger partial charge in [-0.25, -0.2) is 4.79 Å². The molecule has 2 heterocycles. The van der Waals surface area contributed by atoms with E-state index in [0.717, 1.165) is 10.9 Å². The fraction of sp³-hybridized carbons (Fsp3) is 0.400. The SMILES string of the molecule is O=C(O)C1CCCN1C(=O)c1cc(Br)cs1. The fourth-order valence-corrected chi connectivity index (χ4v) is 3.21. The highest BCUT2D eigenvalue weighted by molar-refractivity contribution is 9.10. The molecule has 0 radical (unpaired) electrons. The molecule has 0 spiro atoms. The van der Waals surface area contributed by atoms with Crippen molar-refractivity contribution in [3.63, 3.8) is 0 Å². The van der Waals surface area contributed by atoms with Gasteiger partial charge in [0.2, 0.25) is 0 Å². The maximum absolute atomic E-state index is 12.0. The predicted octanol–water partition coefficient (Wildman–Crippen LogP) is 2.20. The van der Waals surface area contributed by atoms with Gasteiger partial charge in [-0.15, -0.1) is 11.3 Å². The zero-order valence-electron chi connectivity index (χ0n) is 8.35. The summed E-state index contributed by atoms with van der Waals surface area (Å²) in [5, 5.41) is 10.8. The fourth-order valence-electron chi connectivity index (χ4n) is 1.83. The number of halogens is 1. The highest BCUT2D eigenvalue weighted by Gasteiger charge is 2.34. The third-order valence-electron chi connectivity index (χ3n) is 2.58. The Kier molecular flexibility index (Phi) is 3.30. The highest BCUT2D eigenvalue weighted by Crippen LogP contribution is 2.25. The van der Waals surface area contributed by atoms with Crippen LogP contribution in [0, 0.1) is 0 Å². The summed E-state index contributed by atoms with van der Waals surface area (Å²) in [6, 6.07) is 1.07. The van der Waals surface area contributed by atoms with E-state index in [2.05, 4.69) is 15.9 Å². The molecule has 86 valence electrons. The van der Waals surface area contributed by atoms with Crippen molar-refractivity contribution >= 4 is 39.1 Å². The first-order chi connectivity index (χ1) is 7.59. The van der Waals surface area contributed by atoms with Gasteiger partial charge < -0.3 is 10.0 Å². The minimum atomic E-state index is -0.915. The van der Waals surface area contributed by atoms with E-state index < -0.39 is 12.0 Å². The summed E-state index contributed by atoms with van der Waals surface area (Å²) in [4.78, 5) is 25.0. The van der Waals surface area contributed by atoms with Crippen molar-refractivity contribution in [2.75, 3.05) is 6.54 Å². The van der Waals surface area contributed by atoms with Crippen LogP contribution in [0.3, 0.4) is 0 Å². The molecule has 1 aliphatic heterocycles. The van der Waals surface area contributed by atoms with Gasteiger partial charge in [-0.1, -0.05) is 0 Å². The number of aliphatic carboxylic acids is 1. The smallest absolute Gasteiger partial charge is 0.326 e.